The Kier molecular flexibility index (Phi) is 7.55. The summed E-state index contributed by atoms with van der Waals surface area (Å²) in [5.41, 5.74) is 8.22. The molecule has 4 saturated carbocycles. The van der Waals surface area contributed by atoms with Crippen LogP contribution in [0.25, 0.3) is 0 Å². The van der Waals surface area contributed by atoms with E-state index in [4.69, 9.17) is 26.8 Å². The Morgan fingerprint density at radius 3 is 2.60 bits per heavy atom. The second kappa shape index (κ2) is 10.8. The SMILES string of the molecule is Cc1ccc(NC(=S)N/N=C2\C[C@H]3[C@@H](CC[C@H]4C[C@@H](O)CC[C@@]43C)[C@@H]3C[C@@H]4O[C@]5(CC[C@@H](C)CO5)[C@@H](C)[C@@H]4[C@@]23C)c(C)c1. The summed E-state index contributed by atoms with van der Waals surface area (Å²) in [6, 6.07) is 6.38. The Morgan fingerprint density at radius 1 is 1.05 bits per heavy atom. The molecule has 0 aromatic heterocycles. The first-order chi connectivity index (χ1) is 20.4. The zero-order chi connectivity index (χ0) is 30.3. The minimum atomic E-state index is -0.450. The molecule has 0 unspecified atom stereocenters. The number of hydrogen-bond acceptors (Lipinski definition) is 5. The molecule has 2 saturated heterocycles. The van der Waals surface area contributed by atoms with Crippen molar-refractivity contribution in [3.63, 3.8) is 0 Å². The van der Waals surface area contributed by atoms with E-state index in [1.165, 1.54) is 36.1 Å². The summed E-state index contributed by atoms with van der Waals surface area (Å²) in [5, 5.41) is 19.8. The van der Waals surface area contributed by atoms with Crippen molar-refractivity contribution in [2.24, 2.45) is 57.4 Å². The van der Waals surface area contributed by atoms with Gasteiger partial charge in [-0.2, -0.15) is 5.10 Å². The maximum atomic E-state index is 10.6. The Hall–Kier alpha value is -1.54. The lowest BCUT2D eigenvalue weighted by atomic mass is 9.44. The van der Waals surface area contributed by atoms with Gasteiger partial charge in [-0.15, -0.1) is 0 Å². The molecule has 1 aromatic carbocycles. The van der Waals surface area contributed by atoms with Crippen LogP contribution in [0, 0.1) is 66.1 Å². The van der Waals surface area contributed by atoms with Crippen molar-refractivity contribution >= 4 is 28.7 Å². The van der Waals surface area contributed by atoms with E-state index in [1.54, 1.807) is 0 Å². The number of fused-ring (bicyclic) bond motifs is 7. The Balaban J connectivity index is 1.22. The third kappa shape index (κ3) is 4.73. The van der Waals surface area contributed by atoms with Crippen LogP contribution in [0.4, 0.5) is 5.69 Å². The van der Waals surface area contributed by atoms with E-state index in [-0.39, 0.29) is 23.0 Å². The van der Waals surface area contributed by atoms with Crippen LogP contribution < -0.4 is 10.7 Å². The van der Waals surface area contributed by atoms with Crippen LogP contribution in [-0.4, -0.2) is 40.5 Å². The molecule has 43 heavy (non-hydrogen) atoms. The van der Waals surface area contributed by atoms with Gasteiger partial charge in [0.2, 0.25) is 0 Å². The molecule has 0 amide bonds. The Morgan fingerprint density at radius 2 is 1.86 bits per heavy atom. The topological polar surface area (TPSA) is 75.1 Å². The highest BCUT2D eigenvalue weighted by atomic mass is 32.1. The largest absolute Gasteiger partial charge is 0.393 e. The maximum absolute atomic E-state index is 10.6. The molecular formula is C36H53N3O3S. The van der Waals surface area contributed by atoms with Gasteiger partial charge in [-0.25, -0.2) is 0 Å². The number of nitrogens with one attached hydrogen (secondary N) is 2. The number of anilines is 1. The van der Waals surface area contributed by atoms with Crippen molar-refractivity contribution in [2.75, 3.05) is 11.9 Å². The van der Waals surface area contributed by atoms with Gasteiger partial charge >= 0.3 is 0 Å². The third-order valence-electron chi connectivity index (χ3n) is 13.7. The number of aliphatic hydroxyl groups excluding tert-OH is 1. The minimum absolute atomic E-state index is 0.0685. The van der Waals surface area contributed by atoms with Gasteiger partial charge in [-0.1, -0.05) is 45.4 Å². The van der Waals surface area contributed by atoms with Gasteiger partial charge in [0.05, 0.1) is 18.8 Å². The van der Waals surface area contributed by atoms with Gasteiger partial charge in [-0.05, 0) is 124 Å². The molecule has 236 valence electrons. The molecule has 7 heteroatoms. The number of ether oxygens (including phenoxy) is 2. The van der Waals surface area contributed by atoms with E-state index in [2.05, 4.69) is 70.5 Å². The van der Waals surface area contributed by atoms with Gasteiger partial charge in [0.25, 0.3) is 0 Å². The van der Waals surface area contributed by atoms with Crippen molar-refractivity contribution in [3.05, 3.63) is 29.3 Å². The van der Waals surface area contributed by atoms with Crippen molar-refractivity contribution < 1.29 is 14.6 Å². The summed E-state index contributed by atoms with van der Waals surface area (Å²) in [6.45, 7) is 14.8. The summed E-state index contributed by atoms with van der Waals surface area (Å²) in [6.07, 6.45) is 9.84. The fraction of sp³-hybridized carbons (Fsp3) is 0.778. The van der Waals surface area contributed by atoms with Crippen molar-refractivity contribution in [1.29, 1.82) is 0 Å². The highest BCUT2D eigenvalue weighted by Crippen LogP contribution is 2.70. The zero-order valence-electron chi connectivity index (χ0n) is 27.1. The average Bonchev–Trinajstić information content (AvgIpc) is 3.41. The van der Waals surface area contributed by atoms with E-state index in [1.807, 2.05) is 0 Å². The number of hydrazone groups is 1. The smallest absolute Gasteiger partial charge is 0.191 e. The predicted molar refractivity (Wildman–Crippen MR) is 176 cm³/mol. The molecule has 6 nitrogen and oxygen atoms in total. The number of hydrogen-bond donors (Lipinski definition) is 3. The molecule has 7 rings (SSSR count). The molecule has 1 spiro atoms. The van der Waals surface area contributed by atoms with Crippen LogP contribution >= 0.6 is 12.2 Å². The second-order valence-electron chi connectivity index (χ2n) is 16.0. The van der Waals surface area contributed by atoms with Gasteiger partial charge in [0, 0.05) is 35.1 Å². The summed E-state index contributed by atoms with van der Waals surface area (Å²) >= 11 is 5.82. The second-order valence-corrected chi connectivity index (χ2v) is 16.4. The standard InChI is InChI=1S/C36H53N3O3S/c1-20-7-10-29(22(3)15-20)37-33(43)39-38-31-18-27-26(9-8-24-16-25(40)12-13-34(24,27)5)28-17-30-32(35(28,31)6)23(4)36(42-30)14-11-21(2)19-41-36/h7,10,15,21,23-28,30,32,40H,8-9,11-14,16-19H2,1-6H3,(H2,37,39,43)/b38-31+/t21-,23+,24+,25+,26-,27+,28+,30+,32+,34+,35-,36-/m1/s1. The van der Waals surface area contributed by atoms with Crippen LogP contribution in [-0.2, 0) is 9.47 Å². The highest BCUT2D eigenvalue weighted by Gasteiger charge is 2.71. The number of nitrogens with zero attached hydrogens (tertiary/aromatic N) is 1. The molecule has 6 aliphatic rings. The molecular weight excluding hydrogens is 554 g/mol. The van der Waals surface area contributed by atoms with E-state index in [9.17, 15) is 5.11 Å². The number of aryl methyl sites for hydroxylation is 2. The first kappa shape index (κ1) is 30.1. The predicted octanol–water partition coefficient (Wildman–Crippen LogP) is 7.36. The van der Waals surface area contributed by atoms with Crippen LogP contribution in [0.5, 0.6) is 0 Å². The molecule has 4 aliphatic carbocycles. The van der Waals surface area contributed by atoms with Gasteiger partial charge in [0.15, 0.2) is 10.9 Å². The maximum Gasteiger partial charge on any atom is 0.191 e. The zero-order valence-corrected chi connectivity index (χ0v) is 27.9. The first-order valence-electron chi connectivity index (χ1n) is 17.2. The Labute approximate surface area is 264 Å². The first-order valence-corrected chi connectivity index (χ1v) is 17.6. The molecule has 6 fully saturated rings. The quantitative estimate of drug-likeness (QED) is 0.241. The molecule has 1 aromatic rings. The lowest BCUT2D eigenvalue weighted by molar-refractivity contribution is -0.272. The average molecular weight is 608 g/mol. The van der Waals surface area contributed by atoms with E-state index in [0.717, 1.165) is 50.8 Å². The molecule has 12 atom stereocenters. The Bertz CT molecular complexity index is 1290. The van der Waals surface area contributed by atoms with Gasteiger partial charge in [-0.3, -0.25) is 5.43 Å². The molecule has 0 radical (unpaired) electrons. The van der Waals surface area contributed by atoms with Crippen LogP contribution in [0.3, 0.4) is 0 Å². The molecule has 3 N–H and O–H groups in total. The van der Waals surface area contributed by atoms with Crippen molar-refractivity contribution in [3.8, 4) is 0 Å². The van der Waals surface area contributed by atoms with E-state index in [0.29, 0.717) is 46.5 Å². The lowest BCUT2D eigenvalue weighted by Crippen LogP contribution is -2.58. The summed E-state index contributed by atoms with van der Waals surface area (Å²) in [7, 11) is 0. The summed E-state index contributed by atoms with van der Waals surface area (Å²) in [4.78, 5) is 0. The number of benzene rings is 1. The lowest BCUT2D eigenvalue weighted by Gasteiger charge is -2.61. The minimum Gasteiger partial charge on any atom is -0.393 e. The number of rotatable bonds is 2. The molecule has 0 bridgehead atoms. The normalized spacial score (nSPS) is 47.9. The highest BCUT2D eigenvalue weighted by molar-refractivity contribution is 7.80. The van der Waals surface area contributed by atoms with Gasteiger partial charge in [0.1, 0.15) is 0 Å². The number of aliphatic hydroxyl groups is 1. The number of thiocarbonyl (C=S) groups is 1. The summed E-state index contributed by atoms with van der Waals surface area (Å²) in [5.74, 6) is 3.23. The van der Waals surface area contributed by atoms with E-state index < -0.39 is 5.79 Å². The molecule has 2 heterocycles. The third-order valence-corrected chi connectivity index (χ3v) is 13.9. The fourth-order valence-electron chi connectivity index (χ4n) is 11.3. The van der Waals surface area contributed by atoms with Crippen LogP contribution in [0.1, 0.15) is 96.6 Å². The van der Waals surface area contributed by atoms with Gasteiger partial charge < -0.3 is 19.9 Å². The monoisotopic (exact) mass is 607 g/mol. The summed E-state index contributed by atoms with van der Waals surface area (Å²) < 4.78 is 13.7. The fourth-order valence-corrected chi connectivity index (χ4v) is 11.5. The van der Waals surface area contributed by atoms with E-state index >= 15 is 0 Å². The van der Waals surface area contributed by atoms with Crippen LogP contribution in [0.15, 0.2) is 23.3 Å². The van der Waals surface area contributed by atoms with Crippen LogP contribution in [0.2, 0.25) is 0 Å². The molecule has 2 aliphatic heterocycles. The van der Waals surface area contributed by atoms with Crippen molar-refractivity contribution in [2.45, 2.75) is 117 Å². The van der Waals surface area contributed by atoms with Crippen molar-refractivity contribution in [1.82, 2.24) is 5.43 Å².